The Morgan fingerprint density at radius 1 is 1.15 bits per heavy atom. The molecule has 0 N–H and O–H groups in total. The largest absolute Gasteiger partial charge is 0.573 e. The van der Waals surface area contributed by atoms with Crippen LogP contribution in [-0.2, 0) is 0 Å². The number of carbonyl (C=O) groups is 1. The Hall–Kier alpha value is -1.52. The number of rotatable bonds is 3. The highest BCUT2D eigenvalue weighted by Crippen LogP contribution is 2.40. The zero-order valence-corrected chi connectivity index (χ0v) is 11.3. The van der Waals surface area contributed by atoms with Crippen LogP contribution in [0.3, 0.4) is 0 Å². The lowest BCUT2D eigenvalue weighted by Crippen LogP contribution is -2.31. The first-order valence-corrected chi connectivity index (χ1v) is 6.71. The van der Waals surface area contributed by atoms with Crippen LogP contribution in [0.25, 0.3) is 0 Å². The fraction of sp³-hybridized carbons (Fsp3) is 0.533. The Labute approximate surface area is 115 Å². The van der Waals surface area contributed by atoms with Gasteiger partial charge < -0.3 is 4.74 Å². The molecule has 0 unspecified atom stereocenters. The second-order valence-electron chi connectivity index (χ2n) is 5.49. The molecule has 0 amide bonds. The van der Waals surface area contributed by atoms with Crippen LogP contribution >= 0.6 is 0 Å². The first kappa shape index (κ1) is 14.9. The molecule has 2 nitrogen and oxygen atoms in total. The normalized spacial score (nSPS) is 18.6. The second kappa shape index (κ2) is 5.46. The molecule has 0 radical (unpaired) electrons. The van der Waals surface area contributed by atoms with Crippen molar-refractivity contribution in [3.63, 3.8) is 0 Å². The summed E-state index contributed by atoms with van der Waals surface area (Å²) >= 11 is 0. The highest BCUT2D eigenvalue weighted by atomic mass is 19.4. The molecule has 1 fully saturated rings. The third kappa shape index (κ3) is 3.32. The van der Waals surface area contributed by atoms with Gasteiger partial charge in [-0.1, -0.05) is 38.3 Å². The fourth-order valence-electron chi connectivity index (χ4n) is 2.75. The number of hydrogen-bond donors (Lipinski definition) is 0. The molecule has 0 bridgehead atoms. The van der Waals surface area contributed by atoms with Gasteiger partial charge in [-0.2, -0.15) is 0 Å². The maximum absolute atomic E-state index is 12.6. The van der Waals surface area contributed by atoms with E-state index in [1.165, 1.54) is 18.2 Å². The van der Waals surface area contributed by atoms with E-state index >= 15 is 0 Å². The highest BCUT2D eigenvalue weighted by molar-refractivity contribution is 6.02. The topological polar surface area (TPSA) is 26.3 Å². The molecule has 0 saturated heterocycles. The van der Waals surface area contributed by atoms with E-state index in [4.69, 9.17) is 0 Å². The van der Waals surface area contributed by atoms with E-state index in [0.717, 1.165) is 19.3 Å². The van der Waals surface area contributed by atoms with Gasteiger partial charge in [0.15, 0.2) is 5.78 Å². The number of carbonyl (C=O) groups excluding carboxylic acids is 1. The van der Waals surface area contributed by atoms with Gasteiger partial charge in [0, 0.05) is 5.41 Å². The van der Waals surface area contributed by atoms with Crippen molar-refractivity contribution >= 4 is 5.78 Å². The van der Waals surface area contributed by atoms with Crippen molar-refractivity contribution in [2.45, 2.75) is 45.4 Å². The lowest BCUT2D eigenvalue weighted by atomic mass is 9.71. The van der Waals surface area contributed by atoms with Crippen molar-refractivity contribution in [1.29, 1.82) is 0 Å². The maximum atomic E-state index is 12.6. The summed E-state index contributed by atoms with van der Waals surface area (Å²) in [4.78, 5) is 12.6. The van der Waals surface area contributed by atoms with Gasteiger partial charge >= 0.3 is 6.36 Å². The van der Waals surface area contributed by atoms with Gasteiger partial charge in [-0.25, -0.2) is 0 Å². The average molecular weight is 286 g/mol. The summed E-state index contributed by atoms with van der Waals surface area (Å²) in [6, 6.07) is 5.58. The van der Waals surface area contributed by atoms with Crippen molar-refractivity contribution in [3.8, 4) is 5.75 Å². The summed E-state index contributed by atoms with van der Waals surface area (Å²) in [6.45, 7) is 1.83. The molecule has 5 heteroatoms. The molecule has 1 aromatic carbocycles. The quantitative estimate of drug-likeness (QED) is 0.750. The SMILES string of the molecule is CC1(C(=O)c2ccccc2OC(F)(F)F)CCCCC1. The van der Waals surface area contributed by atoms with E-state index in [1.54, 1.807) is 6.07 Å². The molecule has 0 heterocycles. The van der Waals surface area contributed by atoms with E-state index < -0.39 is 17.5 Å². The van der Waals surface area contributed by atoms with Gasteiger partial charge in [0.05, 0.1) is 5.56 Å². The van der Waals surface area contributed by atoms with Gasteiger partial charge in [-0.3, -0.25) is 4.79 Å². The number of alkyl halides is 3. The molecule has 110 valence electrons. The number of Topliss-reactive ketones (excluding diaryl/α,β-unsaturated/α-hetero) is 1. The first-order chi connectivity index (χ1) is 9.32. The van der Waals surface area contributed by atoms with Crippen molar-refractivity contribution in [2.75, 3.05) is 0 Å². The third-order valence-corrected chi connectivity index (χ3v) is 3.86. The van der Waals surface area contributed by atoms with Gasteiger partial charge in [-0.05, 0) is 25.0 Å². The monoisotopic (exact) mass is 286 g/mol. The van der Waals surface area contributed by atoms with Crippen LogP contribution in [0.2, 0.25) is 0 Å². The minimum absolute atomic E-state index is 0.0224. The standard InChI is InChI=1S/C15H17F3O2/c1-14(9-5-2-6-10-14)13(19)11-7-3-4-8-12(11)20-15(16,17)18/h3-4,7-8H,2,5-6,9-10H2,1H3. The van der Waals surface area contributed by atoms with Crippen molar-refractivity contribution in [2.24, 2.45) is 5.41 Å². The molecular weight excluding hydrogens is 269 g/mol. The lowest BCUT2D eigenvalue weighted by molar-refractivity contribution is -0.274. The van der Waals surface area contributed by atoms with Crippen molar-refractivity contribution in [3.05, 3.63) is 29.8 Å². The van der Waals surface area contributed by atoms with Crippen LogP contribution in [-0.4, -0.2) is 12.1 Å². The summed E-state index contributed by atoms with van der Waals surface area (Å²) in [6.07, 6.45) is -0.416. The Balaban J connectivity index is 2.30. The van der Waals surface area contributed by atoms with E-state index in [0.29, 0.717) is 12.8 Å². The van der Waals surface area contributed by atoms with Crippen molar-refractivity contribution < 1.29 is 22.7 Å². The van der Waals surface area contributed by atoms with Gasteiger partial charge in [0.2, 0.25) is 0 Å². The summed E-state index contributed by atoms with van der Waals surface area (Å²) in [7, 11) is 0. The second-order valence-corrected chi connectivity index (χ2v) is 5.49. The summed E-state index contributed by atoms with van der Waals surface area (Å²) in [5.41, 5.74) is -0.558. The molecule has 20 heavy (non-hydrogen) atoms. The van der Waals surface area contributed by atoms with Crippen LogP contribution in [0, 0.1) is 5.41 Å². The summed E-state index contributed by atoms with van der Waals surface area (Å²) in [5.74, 6) is -0.658. The molecule has 0 aliphatic heterocycles. The van der Waals surface area contributed by atoms with Crippen LogP contribution in [0.4, 0.5) is 13.2 Å². The fourth-order valence-corrected chi connectivity index (χ4v) is 2.75. The Morgan fingerprint density at radius 2 is 1.75 bits per heavy atom. The number of para-hydroxylation sites is 1. The number of ketones is 1. The molecule has 1 saturated carbocycles. The summed E-state index contributed by atoms with van der Waals surface area (Å²) < 4.78 is 41.1. The summed E-state index contributed by atoms with van der Waals surface area (Å²) in [5, 5.41) is 0. The smallest absolute Gasteiger partial charge is 0.405 e. The number of halogens is 3. The maximum Gasteiger partial charge on any atom is 0.573 e. The Bertz CT molecular complexity index is 488. The first-order valence-electron chi connectivity index (χ1n) is 6.71. The minimum Gasteiger partial charge on any atom is -0.405 e. The molecule has 0 aromatic heterocycles. The molecule has 0 atom stereocenters. The Kier molecular flexibility index (Phi) is 4.06. The molecular formula is C15H17F3O2. The van der Waals surface area contributed by atoms with E-state index in [9.17, 15) is 18.0 Å². The minimum atomic E-state index is -4.79. The average Bonchev–Trinajstić information content (AvgIpc) is 2.37. The van der Waals surface area contributed by atoms with E-state index in [-0.39, 0.29) is 11.3 Å². The number of ether oxygens (including phenoxy) is 1. The molecule has 1 aliphatic carbocycles. The van der Waals surface area contributed by atoms with Crippen LogP contribution < -0.4 is 4.74 Å². The van der Waals surface area contributed by atoms with Crippen LogP contribution in [0.1, 0.15) is 49.4 Å². The van der Waals surface area contributed by atoms with E-state index in [1.807, 2.05) is 6.92 Å². The predicted molar refractivity (Wildman–Crippen MR) is 68.6 cm³/mol. The molecule has 1 aliphatic rings. The molecule has 0 spiro atoms. The zero-order chi connectivity index (χ0) is 14.8. The van der Waals surface area contributed by atoms with Gasteiger partial charge in [0.1, 0.15) is 5.75 Å². The number of benzene rings is 1. The highest BCUT2D eigenvalue weighted by Gasteiger charge is 2.38. The Morgan fingerprint density at radius 3 is 2.35 bits per heavy atom. The van der Waals surface area contributed by atoms with Gasteiger partial charge in [0.25, 0.3) is 0 Å². The lowest BCUT2D eigenvalue weighted by Gasteiger charge is -2.32. The van der Waals surface area contributed by atoms with E-state index in [2.05, 4.69) is 4.74 Å². The van der Waals surface area contributed by atoms with Gasteiger partial charge in [-0.15, -0.1) is 13.2 Å². The molecule has 1 aromatic rings. The third-order valence-electron chi connectivity index (χ3n) is 3.86. The predicted octanol–water partition coefficient (Wildman–Crippen LogP) is 4.74. The molecule has 2 rings (SSSR count). The number of hydrogen-bond acceptors (Lipinski definition) is 2. The van der Waals surface area contributed by atoms with Crippen molar-refractivity contribution in [1.82, 2.24) is 0 Å². The van der Waals surface area contributed by atoms with Crippen LogP contribution in [0.15, 0.2) is 24.3 Å². The van der Waals surface area contributed by atoms with Crippen LogP contribution in [0.5, 0.6) is 5.75 Å². The zero-order valence-electron chi connectivity index (χ0n) is 11.3.